The molecule has 4 aromatic rings. The van der Waals surface area contributed by atoms with Gasteiger partial charge in [0, 0.05) is 30.9 Å². The van der Waals surface area contributed by atoms with E-state index in [2.05, 4.69) is 15.3 Å². The number of aromatic hydroxyl groups is 1. The minimum atomic E-state index is -1.04. The Morgan fingerprint density at radius 2 is 1.90 bits per heavy atom. The van der Waals surface area contributed by atoms with Crippen molar-refractivity contribution in [1.82, 2.24) is 19.1 Å². The van der Waals surface area contributed by atoms with Crippen molar-refractivity contribution in [3.8, 4) is 5.75 Å². The van der Waals surface area contributed by atoms with E-state index in [1.165, 1.54) is 9.86 Å². The molecule has 3 aromatic heterocycles. The molecule has 1 aromatic carbocycles. The molecule has 1 amide bonds. The van der Waals surface area contributed by atoms with Crippen LogP contribution in [0.1, 0.15) is 32.1 Å². The summed E-state index contributed by atoms with van der Waals surface area (Å²) in [4.78, 5) is 33.6. The van der Waals surface area contributed by atoms with E-state index in [4.69, 9.17) is 0 Å². The zero-order valence-electron chi connectivity index (χ0n) is 16.2. The van der Waals surface area contributed by atoms with Crippen LogP contribution in [0.5, 0.6) is 5.75 Å². The number of amides is 1. The number of aryl methyl sites for hydroxylation is 1. The maximum Gasteiger partial charge on any atom is 0.282 e. The maximum absolute atomic E-state index is 13.5. The summed E-state index contributed by atoms with van der Waals surface area (Å²) in [6.07, 6.45) is 3.12. The fourth-order valence-corrected chi connectivity index (χ4v) is 4.00. The number of hydrogen-bond donors (Lipinski definition) is 2. The van der Waals surface area contributed by atoms with Crippen LogP contribution in [-0.2, 0) is 13.0 Å². The monoisotopic (exact) mass is 442 g/mol. The van der Waals surface area contributed by atoms with E-state index in [0.717, 1.165) is 29.2 Å². The fourth-order valence-electron chi connectivity index (χ4n) is 3.09. The lowest BCUT2D eigenvalue weighted by Crippen LogP contribution is -2.22. The van der Waals surface area contributed by atoms with E-state index in [1.54, 1.807) is 31.5 Å². The maximum atomic E-state index is 13.5. The van der Waals surface area contributed by atoms with Crippen LogP contribution >= 0.6 is 11.5 Å². The predicted octanol–water partition coefficient (Wildman–Crippen LogP) is 2.96. The lowest BCUT2D eigenvalue weighted by Gasteiger charge is -2.08. The molecule has 2 N–H and O–H groups in total. The minimum absolute atomic E-state index is 0.00778. The topological polar surface area (TPSA) is 96.6 Å². The number of nitrogens with one attached hydrogen (secondary N) is 1. The predicted molar refractivity (Wildman–Crippen MR) is 110 cm³/mol. The summed E-state index contributed by atoms with van der Waals surface area (Å²) in [6, 6.07) is 6.80. The normalized spacial score (nSPS) is 11.1. The minimum Gasteiger partial charge on any atom is -0.507 e. The van der Waals surface area contributed by atoms with Gasteiger partial charge in [0.2, 0.25) is 0 Å². The summed E-state index contributed by atoms with van der Waals surface area (Å²) in [5.74, 6) is -2.79. The molecule has 10 heteroatoms. The highest BCUT2D eigenvalue weighted by molar-refractivity contribution is 7.08. The summed E-state index contributed by atoms with van der Waals surface area (Å²) in [5.41, 5.74) is 1.08. The van der Waals surface area contributed by atoms with Crippen LogP contribution in [-0.4, -0.2) is 24.8 Å². The van der Waals surface area contributed by atoms with Crippen LogP contribution in [0.3, 0.4) is 0 Å². The molecule has 0 aliphatic heterocycles. The van der Waals surface area contributed by atoms with Gasteiger partial charge in [-0.2, -0.15) is 0 Å². The Bertz CT molecular complexity index is 1350. The van der Waals surface area contributed by atoms with Gasteiger partial charge < -0.3 is 10.4 Å². The van der Waals surface area contributed by atoms with Gasteiger partial charge in [-0.15, -0.1) is 0 Å². The van der Waals surface area contributed by atoms with Gasteiger partial charge in [0.1, 0.15) is 5.75 Å². The highest BCUT2D eigenvalue weighted by Crippen LogP contribution is 2.27. The molecule has 4 rings (SSSR count). The highest BCUT2D eigenvalue weighted by Gasteiger charge is 2.21. The third-order valence-corrected chi connectivity index (χ3v) is 5.73. The first-order valence-electron chi connectivity index (χ1n) is 9.20. The molecule has 0 aliphatic carbocycles. The molecule has 0 saturated heterocycles. The Hall–Kier alpha value is -3.66. The zero-order valence-corrected chi connectivity index (χ0v) is 17.0. The summed E-state index contributed by atoms with van der Waals surface area (Å²) < 4.78 is 27.9. The summed E-state index contributed by atoms with van der Waals surface area (Å²) in [6.45, 7) is 1.83. The van der Waals surface area contributed by atoms with Gasteiger partial charge >= 0.3 is 0 Å². The second-order valence-corrected chi connectivity index (χ2v) is 7.78. The van der Waals surface area contributed by atoms with Crippen LogP contribution in [0.2, 0.25) is 0 Å². The molecule has 3 heterocycles. The second kappa shape index (κ2) is 8.23. The summed E-state index contributed by atoms with van der Waals surface area (Å²) in [7, 11) is 0. The van der Waals surface area contributed by atoms with Crippen molar-refractivity contribution >= 4 is 23.1 Å². The third kappa shape index (κ3) is 4.02. The van der Waals surface area contributed by atoms with Crippen LogP contribution < -0.4 is 10.9 Å². The van der Waals surface area contributed by atoms with Crippen molar-refractivity contribution in [2.75, 3.05) is 0 Å². The second-order valence-electron chi connectivity index (χ2n) is 6.85. The number of fused-ring (bicyclic) bond motifs is 1. The van der Waals surface area contributed by atoms with Crippen LogP contribution in [0, 0.1) is 18.6 Å². The first kappa shape index (κ1) is 20.6. The Balaban J connectivity index is 1.66. The standard InChI is InChI=1S/C21H16F2N4O3S/c1-11-17(28)14(8-13-2-3-15(22)16(23)9-13)21(30)27-18(11)26-20(31-27)19(29)25-10-12-4-6-24-7-5-12/h2-7,9,28H,8,10H2,1H3,(H,25,29). The van der Waals surface area contributed by atoms with Crippen molar-refractivity contribution in [3.63, 3.8) is 0 Å². The summed E-state index contributed by atoms with van der Waals surface area (Å²) >= 11 is 0.844. The fraction of sp³-hybridized carbons (Fsp3) is 0.143. The van der Waals surface area contributed by atoms with Gasteiger partial charge in [0.05, 0.1) is 5.56 Å². The molecule has 0 saturated carbocycles. The number of pyridine rings is 2. The van der Waals surface area contributed by atoms with Gasteiger partial charge in [-0.05, 0) is 53.8 Å². The Kier molecular flexibility index (Phi) is 5.47. The molecule has 31 heavy (non-hydrogen) atoms. The van der Waals surface area contributed by atoms with Crippen molar-refractivity contribution in [1.29, 1.82) is 0 Å². The van der Waals surface area contributed by atoms with Crippen molar-refractivity contribution in [2.24, 2.45) is 0 Å². The molecule has 0 bridgehead atoms. The van der Waals surface area contributed by atoms with Crippen LogP contribution in [0.15, 0.2) is 47.5 Å². The third-order valence-electron chi connectivity index (χ3n) is 4.76. The van der Waals surface area contributed by atoms with E-state index in [-0.39, 0.29) is 34.9 Å². The summed E-state index contributed by atoms with van der Waals surface area (Å²) in [5, 5.41) is 13.3. The molecule has 0 atom stereocenters. The van der Waals surface area contributed by atoms with Crippen molar-refractivity contribution in [2.45, 2.75) is 19.9 Å². The average Bonchev–Trinajstić information content (AvgIpc) is 3.23. The van der Waals surface area contributed by atoms with Gasteiger partial charge in [0.25, 0.3) is 11.5 Å². The van der Waals surface area contributed by atoms with E-state index >= 15 is 0 Å². The largest absolute Gasteiger partial charge is 0.507 e. The number of rotatable bonds is 5. The first-order valence-corrected chi connectivity index (χ1v) is 9.98. The molecule has 0 fully saturated rings. The quantitative estimate of drug-likeness (QED) is 0.495. The number of carbonyl (C=O) groups excluding carboxylic acids is 1. The lowest BCUT2D eigenvalue weighted by molar-refractivity contribution is 0.0950. The molecule has 0 aliphatic rings. The number of aromatic nitrogens is 3. The van der Waals surface area contributed by atoms with E-state index in [0.29, 0.717) is 11.1 Å². The molecular formula is C21H16F2N4O3S. The lowest BCUT2D eigenvalue weighted by atomic mass is 10.0. The molecule has 0 radical (unpaired) electrons. The van der Waals surface area contributed by atoms with Crippen LogP contribution in [0.4, 0.5) is 8.78 Å². The van der Waals surface area contributed by atoms with Gasteiger partial charge in [-0.25, -0.2) is 17.6 Å². The van der Waals surface area contributed by atoms with E-state index in [1.807, 2.05) is 0 Å². The Morgan fingerprint density at radius 1 is 1.16 bits per heavy atom. The zero-order chi connectivity index (χ0) is 22.1. The molecule has 0 spiro atoms. The van der Waals surface area contributed by atoms with Gasteiger partial charge in [0.15, 0.2) is 22.3 Å². The molecule has 0 unspecified atom stereocenters. The van der Waals surface area contributed by atoms with Gasteiger partial charge in [-0.1, -0.05) is 6.07 Å². The first-order chi connectivity index (χ1) is 14.8. The number of hydrogen-bond acceptors (Lipinski definition) is 6. The van der Waals surface area contributed by atoms with Crippen molar-refractivity contribution < 1.29 is 18.7 Å². The van der Waals surface area contributed by atoms with E-state index in [9.17, 15) is 23.5 Å². The van der Waals surface area contributed by atoms with Crippen LogP contribution in [0.25, 0.3) is 5.65 Å². The molecule has 158 valence electrons. The SMILES string of the molecule is Cc1c(O)c(Cc2ccc(F)c(F)c2)c(=O)n2sc(C(=O)NCc3ccncc3)nc12. The molecule has 7 nitrogen and oxygen atoms in total. The Labute approximate surface area is 178 Å². The van der Waals surface area contributed by atoms with Crippen molar-refractivity contribution in [3.05, 3.63) is 92.0 Å². The number of nitrogens with zero attached hydrogens (tertiary/aromatic N) is 3. The van der Waals surface area contributed by atoms with E-state index < -0.39 is 23.1 Å². The number of benzene rings is 1. The Morgan fingerprint density at radius 3 is 2.61 bits per heavy atom. The number of carbonyl (C=O) groups is 1. The highest BCUT2D eigenvalue weighted by atomic mass is 32.1. The molecular weight excluding hydrogens is 426 g/mol. The van der Waals surface area contributed by atoms with Gasteiger partial charge in [-0.3, -0.25) is 14.6 Å². The average molecular weight is 442 g/mol. The number of halogens is 2. The smallest absolute Gasteiger partial charge is 0.282 e.